The first-order valence-corrected chi connectivity index (χ1v) is 20.9. The highest BCUT2D eigenvalue weighted by molar-refractivity contribution is 7.10. The Morgan fingerprint density at radius 3 is 1.09 bits per heavy atom. The summed E-state index contributed by atoms with van der Waals surface area (Å²) in [5, 5.41) is 27.4. The van der Waals surface area contributed by atoms with Crippen molar-refractivity contribution < 1.29 is 24.3 Å². The molecule has 3 aromatic carbocycles. The topological polar surface area (TPSA) is 108 Å². The van der Waals surface area contributed by atoms with Crippen molar-refractivity contribution in [3.8, 4) is 17.2 Å². The minimum atomic E-state index is -0.227. The fourth-order valence-electron chi connectivity index (χ4n) is 6.58. The van der Waals surface area contributed by atoms with Gasteiger partial charge >= 0.3 is 0 Å². The van der Waals surface area contributed by atoms with Crippen molar-refractivity contribution in [2.45, 2.75) is 183 Å². The Bertz CT molecular complexity index is 1690. The van der Waals surface area contributed by atoms with Crippen molar-refractivity contribution in [3.05, 3.63) is 87.0 Å². The van der Waals surface area contributed by atoms with Gasteiger partial charge in [0.1, 0.15) is 17.2 Å². The zero-order chi connectivity index (χ0) is 44.1. The molecule has 4 N–H and O–H groups in total. The van der Waals surface area contributed by atoms with Crippen LogP contribution in [0.3, 0.4) is 0 Å². The van der Waals surface area contributed by atoms with Crippen molar-refractivity contribution in [2.75, 3.05) is 6.67 Å². The van der Waals surface area contributed by atoms with Gasteiger partial charge in [0.2, 0.25) is 11.8 Å². The highest BCUT2D eigenvalue weighted by Gasteiger charge is 2.28. The standard InChI is InChI=1S/C35H54N2O4.C14H23OP/c1-32(2,3)24-17-22(18-25(30(24)40)33(4,5)6)13-15-28(38)36-21-37-29(39)16-14-23-19-26(34(7,8)9)31(41)27(20-23)35(10,11)12;1-13(2,3)10-7-8-12(15-16)11(9-10)14(4,5)6/h17-20,40-41H,13-16,21H2,1-12H3,(H,36,38)(H,37,39);7-9H,16H2,1-6H3. The molecular weight excluding hydrogens is 728 g/mol. The van der Waals surface area contributed by atoms with E-state index in [4.69, 9.17) is 4.52 Å². The molecule has 8 heteroatoms. The molecule has 0 heterocycles. The molecule has 1 unspecified atom stereocenters. The molecule has 2 amide bonds. The second-order valence-electron chi connectivity index (χ2n) is 21.8. The molecule has 7 nitrogen and oxygen atoms in total. The van der Waals surface area contributed by atoms with Crippen molar-refractivity contribution in [2.24, 2.45) is 0 Å². The summed E-state index contributed by atoms with van der Waals surface area (Å²) in [5.41, 5.74) is 7.53. The molecule has 0 saturated carbocycles. The maximum absolute atomic E-state index is 12.6. The summed E-state index contributed by atoms with van der Waals surface area (Å²) in [6, 6.07) is 14.5. The van der Waals surface area contributed by atoms with Crippen molar-refractivity contribution in [3.63, 3.8) is 0 Å². The van der Waals surface area contributed by atoms with E-state index in [1.54, 1.807) is 0 Å². The van der Waals surface area contributed by atoms with E-state index in [0.717, 1.165) is 39.1 Å². The Morgan fingerprint density at radius 2 is 0.825 bits per heavy atom. The quantitative estimate of drug-likeness (QED) is 0.127. The molecule has 0 saturated heterocycles. The Hall–Kier alpha value is -3.57. The number of phenolic OH excluding ortho intramolecular Hbond substituents is 2. The lowest BCUT2D eigenvalue weighted by Gasteiger charge is -2.28. The van der Waals surface area contributed by atoms with E-state index in [1.165, 1.54) is 11.1 Å². The Labute approximate surface area is 348 Å². The molecule has 0 aromatic heterocycles. The highest BCUT2D eigenvalue weighted by Crippen LogP contribution is 2.42. The minimum Gasteiger partial charge on any atom is -0.507 e. The third-order valence-corrected chi connectivity index (χ3v) is 10.5. The van der Waals surface area contributed by atoms with Crippen LogP contribution in [-0.4, -0.2) is 28.7 Å². The predicted octanol–water partition coefficient (Wildman–Crippen LogP) is 11.5. The molecule has 0 radical (unpaired) electrons. The van der Waals surface area contributed by atoms with Gasteiger partial charge in [0.15, 0.2) is 0 Å². The molecule has 0 spiro atoms. The van der Waals surface area contributed by atoms with Gasteiger partial charge in [-0.2, -0.15) is 0 Å². The number of phenols is 2. The van der Waals surface area contributed by atoms with Crippen molar-refractivity contribution >= 4 is 21.3 Å². The van der Waals surface area contributed by atoms with Crippen LogP contribution < -0.4 is 15.2 Å². The summed E-state index contributed by atoms with van der Waals surface area (Å²) < 4.78 is 5.36. The first-order chi connectivity index (χ1) is 25.7. The molecule has 3 rings (SSSR count). The second kappa shape index (κ2) is 18.6. The Morgan fingerprint density at radius 1 is 0.509 bits per heavy atom. The first-order valence-electron chi connectivity index (χ1n) is 20.5. The fourth-order valence-corrected chi connectivity index (χ4v) is 6.79. The largest absolute Gasteiger partial charge is 0.507 e. The third kappa shape index (κ3) is 14.6. The van der Waals surface area contributed by atoms with Gasteiger partial charge in [-0.1, -0.05) is 161 Å². The number of amides is 2. The van der Waals surface area contributed by atoms with Crippen LogP contribution in [0.4, 0.5) is 0 Å². The molecule has 0 bridgehead atoms. The number of carbonyl (C=O) groups is 2. The maximum atomic E-state index is 12.6. The van der Waals surface area contributed by atoms with E-state index < -0.39 is 0 Å². The van der Waals surface area contributed by atoms with E-state index in [-0.39, 0.29) is 63.8 Å². The van der Waals surface area contributed by atoms with Crippen LogP contribution in [0.5, 0.6) is 17.2 Å². The summed E-state index contributed by atoms with van der Waals surface area (Å²) in [7, 11) is 2.33. The zero-order valence-electron chi connectivity index (χ0n) is 38.8. The number of aryl methyl sites for hydroxylation is 2. The number of carbonyl (C=O) groups excluding carboxylic acids is 2. The number of hydrogen-bond acceptors (Lipinski definition) is 5. The van der Waals surface area contributed by atoms with E-state index in [9.17, 15) is 19.8 Å². The number of aromatic hydroxyl groups is 2. The summed E-state index contributed by atoms with van der Waals surface area (Å²) in [4.78, 5) is 25.1. The van der Waals surface area contributed by atoms with Crippen LogP contribution >= 0.6 is 9.47 Å². The monoisotopic (exact) mass is 805 g/mol. The second-order valence-corrected chi connectivity index (χ2v) is 22.0. The number of rotatable bonds is 9. The van der Waals surface area contributed by atoms with Gasteiger partial charge in [-0.25, -0.2) is 0 Å². The van der Waals surface area contributed by atoms with Crippen LogP contribution in [0.25, 0.3) is 0 Å². The van der Waals surface area contributed by atoms with Gasteiger partial charge in [-0.3, -0.25) is 9.59 Å². The average molecular weight is 805 g/mol. The summed E-state index contributed by atoms with van der Waals surface area (Å²) in [5.74, 6) is 1.33. The number of benzene rings is 3. The first kappa shape index (κ1) is 49.6. The van der Waals surface area contributed by atoms with Gasteiger partial charge < -0.3 is 25.4 Å². The van der Waals surface area contributed by atoms with Crippen molar-refractivity contribution in [1.29, 1.82) is 0 Å². The van der Waals surface area contributed by atoms with Crippen LogP contribution in [-0.2, 0) is 54.9 Å². The molecule has 3 aromatic rings. The predicted molar refractivity (Wildman–Crippen MR) is 243 cm³/mol. The normalized spacial score (nSPS) is 12.8. The molecular formula is C49H77N2O5P. The van der Waals surface area contributed by atoms with Crippen LogP contribution in [0.2, 0.25) is 0 Å². The lowest BCUT2D eigenvalue weighted by Crippen LogP contribution is -2.37. The lowest BCUT2D eigenvalue weighted by atomic mass is 9.78. The fraction of sp³-hybridized carbons (Fsp3) is 0.592. The maximum Gasteiger partial charge on any atom is 0.221 e. The van der Waals surface area contributed by atoms with Gasteiger partial charge in [0.05, 0.1) is 16.1 Å². The third-order valence-electron chi connectivity index (χ3n) is 10.2. The van der Waals surface area contributed by atoms with Gasteiger partial charge in [0.25, 0.3) is 0 Å². The highest BCUT2D eigenvalue weighted by atomic mass is 31.0. The van der Waals surface area contributed by atoms with Crippen LogP contribution in [0.15, 0.2) is 42.5 Å². The Kier molecular flexibility index (Phi) is 16.1. The van der Waals surface area contributed by atoms with Crippen LogP contribution in [0, 0.1) is 0 Å². The summed E-state index contributed by atoms with van der Waals surface area (Å²) >= 11 is 0. The molecule has 1 atom stereocenters. The molecule has 0 aliphatic rings. The Balaban J connectivity index is 0.000000583. The van der Waals surface area contributed by atoms with Crippen molar-refractivity contribution in [1.82, 2.24) is 10.6 Å². The molecule has 0 aliphatic heterocycles. The summed E-state index contributed by atoms with van der Waals surface area (Å²) in [6.45, 7) is 38.3. The summed E-state index contributed by atoms with van der Waals surface area (Å²) in [6.07, 6.45) is 1.65. The van der Waals surface area contributed by atoms with Crippen LogP contribution in [0.1, 0.15) is 182 Å². The smallest absolute Gasteiger partial charge is 0.221 e. The lowest BCUT2D eigenvalue weighted by molar-refractivity contribution is -0.122. The van der Waals surface area contributed by atoms with E-state index in [1.807, 2.05) is 24.3 Å². The molecule has 0 aliphatic carbocycles. The number of hydrogen-bond donors (Lipinski definition) is 4. The zero-order valence-corrected chi connectivity index (χ0v) is 39.9. The van der Waals surface area contributed by atoms with E-state index in [0.29, 0.717) is 24.3 Å². The molecule has 0 fully saturated rings. The molecule has 318 valence electrons. The van der Waals surface area contributed by atoms with Gasteiger partial charge in [0, 0.05) is 18.4 Å². The van der Waals surface area contributed by atoms with Gasteiger partial charge in [-0.05, 0) is 90.3 Å². The van der Waals surface area contributed by atoms with E-state index in [2.05, 4.69) is 163 Å². The minimum absolute atomic E-state index is 0.0732. The molecule has 57 heavy (non-hydrogen) atoms. The van der Waals surface area contributed by atoms with Gasteiger partial charge in [-0.15, -0.1) is 0 Å². The average Bonchev–Trinajstić information content (AvgIpc) is 3.04. The van der Waals surface area contributed by atoms with E-state index >= 15 is 0 Å². The number of nitrogens with one attached hydrogen (secondary N) is 2. The SMILES string of the molecule is CC(C)(C)c1cc(CCC(=O)NCNC(=O)CCc2cc(C(C)(C)C)c(O)c(C(C)(C)C)c2)cc(C(C)(C)C)c1O.CC(C)(C)c1ccc(OP)c(C(C)(C)C)c1.